The SMILES string of the molecule is CCC(CC)(Cc1ccccc1)c1cc(O)c(Sc2ccccc2C(C)C)c(=O)o1. The fourth-order valence-corrected chi connectivity index (χ4v) is 4.98. The van der Waals surface area contributed by atoms with Crippen molar-refractivity contribution < 1.29 is 9.52 Å². The van der Waals surface area contributed by atoms with Crippen molar-refractivity contribution in [3.05, 3.63) is 88.0 Å². The van der Waals surface area contributed by atoms with E-state index in [4.69, 9.17) is 4.42 Å². The van der Waals surface area contributed by atoms with Gasteiger partial charge in [0.15, 0.2) is 0 Å². The summed E-state index contributed by atoms with van der Waals surface area (Å²) in [6.45, 7) is 8.44. The van der Waals surface area contributed by atoms with E-state index in [1.165, 1.54) is 17.3 Å². The van der Waals surface area contributed by atoms with Crippen molar-refractivity contribution in [1.29, 1.82) is 0 Å². The Kier molecular flexibility index (Phi) is 7.09. The monoisotopic (exact) mass is 422 g/mol. The zero-order valence-electron chi connectivity index (χ0n) is 18.1. The van der Waals surface area contributed by atoms with E-state index in [0.29, 0.717) is 11.7 Å². The first-order valence-corrected chi connectivity index (χ1v) is 11.4. The first-order valence-electron chi connectivity index (χ1n) is 10.6. The minimum Gasteiger partial charge on any atom is -0.506 e. The minimum absolute atomic E-state index is 0.0101. The van der Waals surface area contributed by atoms with Gasteiger partial charge in [-0.25, -0.2) is 4.79 Å². The highest BCUT2D eigenvalue weighted by Crippen LogP contribution is 2.40. The summed E-state index contributed by atoms with van der Waals surface area (Å²) in [4.78, 5) is 14.1. The average Bonchev–Trinajstić information content (AvgIpc) is 2.75. The Hall–Kier alpha value is -2.46. The molecule has 0 aliphatic carbocycles. The fourth-order valence-electron chi connectivity index (χ4n) is 3.91. The highest BCUT2D eigenvalue weighted by molar-refractivity contribution is 7.99. The van der Waals surface area contributed by atoms with Gasteiger partial charge in [-0.3, -0.25) is 0 Å². The molecule has 1 N–H and O–H groups in total. The lowest BCUT2D eigenvalue weighted by atomic mass is 9.74. The first-order chi connectivity index (χ1) is 14.4. The second-order valence-electron chi connectivity index (χ2n) is 8.06. The van der Waals surface area contributed by atoms with E-state index < -0.39 is 5.63 Å². The van der Waals surface area contributed by atoms with Gasteiger partial charge in [-0.05, 0) is 42.4 Å². The molecular formula is C26H30O3S. The van der Waals surface area contributed by atoms with Gasteiger partial charge in [-0.1, -0.05) is 88.0 Å². The van der Waals surface area contributed by atoms with Crippen LogP contribution in [0.3, 0.4) is 0 Å². The molecule has 0 bridgehead atoms. The lowest BCUT2D eigenvalue weighted by Gasteiger charge is -2.30. The Balaban J connectivity index is 2.00. The Morgan fingerprint density at radius 2 is 1.63 bits per heavy atom. The van der Waals surface area contributed by atoms with Crippen LogP contribution in [0.5, 0.6) is 5.75 Å². The quantitative estimate of drug-likeness (QED) is 0.428. The molecule has 2 aromatic carbocycles. The molecule has 0 aliphatic rings. The van der Waals surface area contributed by atoms with Crippen molar-refractivity contribution in [3.8, 4) is 5.75 Å². The molecular weight excluding hydrogens is 392 g/mol. The third-order valence-corrected chi connectivity index (χ3v) is 7.07. The summed E-state index contributed by atoms with van der Waals surface area (Å²) in [5, 5.41) is 10.8. The van der Waals surface area contributed by atoms with Crippen LogP contribution in [-0.4, -0.2) is 5.11 Å². The standard InChI is InChI=1S/C26H30O3S/c1-5-26(6-2,17-19-12-8-7-9-13-19)23-16-21(27)24(25(28)29-23)30-22-15-11-10-14-20(22)18(3)4/h7-16,18,27H,5-6,17H2,1-4H3. The van der Waals surface area contributed by atoms with Crippen LogP contribution in [-0.2, 0) is 11.8 Å². The van der Waals surface area contributed by atoms with Crippen molar-refractivity contribution in [2.75, 3.05) is 0 Å². The van der Waals surface area contributed by atoms with Gasteiger partial charge in [0.1, 0.15) is 16.4 Å². The van der Waals surface area contributed by atoms with Crippen LogP contribution in [0, 0.1) is 0 Å². The summed E-state index contributed by atoms with van der Waals surface area (Å²) in [5.74, 6) is 0.866. The van der Waals surface area contributed by atoms with Crippen molar-refractivity contribution in [3.63, 3.8) is 0 Å². The van der Waals surface area contributed by atoms with Gasteiger partial charge in [0.25, 0.3) is 0 Å². The third kappa shape index (κ3) is 4.65. The topological polar surface area (TPSA) is 50.4 Å². The van der Waals surface area contributed by atoms with Crippen LogP contribution in [0.15, 0.2) is 79.7 Å². The Morgan fingerprint density at radius 3 is 2.23 bits per heavy atom. The maximum atomic E-state index is 12.9. The van der Waals surface area contributed by atoms with Crippen molar-refractivity contribution >= 4 is 11.8 Å². The van der Waals surface area contributed by atoms with Gasteiger partial charge in [0.05, 0.1) is 0 Å². The van der Waals surface area contributed by atoms with Crippen LogP contribution in [0.1, 0.15) is 63.3 Å². The lowest BCUT2D eigenvalue weighted by Crippen LogP contribution is -2.29. The Morgan fingerprint density at radius 1 is 1.00 bits per heavy atom. The van der Waals surface area contributed by atoms with Crippen LogP contribution < -0.4 is 5.63 Å². The van der Waals surface area contributed by atoms with E-state index in [1.807, 2.05) is 36.4 Å². The van der Waals surface area contributed by atoms with Gasteiger partial charge in [0, 0.05) is 16.4 Å². The summed E-state index contributed by atoms with van der Waals surface area (Å²) in [6.07, 6.45) is 2.37. The molecule has 0 amide bonds. The lowest BCUT2D eigenvalue weighted by molar-refractivity contribution is 0.282. The molecule has 158 valence electrons. The Labute approximate surface area is 183 Å². The van der Waals surface area contributed by atoms with Crippen molar-refractivity contribution in [1.82, 2.24) is 0 Å². The molecule has 3 nitrogen and oxygen atoms in total. The number of hydrogen-bond donors (Lipinski definition) is 1. The predicted molar refractivity (Wildman–Crippen MR) is 124 cm³/mol. The minimum atomic E-state index is -0.479. The van der Waals surface area contributed by atoms with Crippen LogP contribution in [0.2, 0.25) is 0 Å². The molecule has 0 saturated carbocycles. The summed E-state index contributed by atoms with van der Waals surface area (Å²) >= 11 is 1.28. The smallest absolute Gasteiger partial charge is 0.353 e. The normalized spacial score (nSPS) is 11.8. The van der Waals surface area contributed by atoms with E-state index in [2.05, 4.69) is 45.9 Å². The fraction of sp³-hybridized carbons (Fsp3) is 0.346. The van der Waals surface area contributed by atoms with Gasteiger partial charge in [-0.15, -0.1) is 0 Å². The largest absolute Gasteiger partial charge is 0.506 e. The molecule has 0 aliphatic heterocycles. The van der Waals surface area contributed by atoms with Crippen LogP contribution in [0.4, 0.5) is 0 Å². The molecule has 0 saturated heterocycles. The second kappa shape index (κ2) is 9.57. The predicted octanol–water partition coefficient (Wildman–Crippen LogP) is 6.92. The number of rotatable bonds is 8. The molecule has 0 atom stereocenters. The number of hydrogen-bond acceptors (Lipinski definition) is 4. The molecule has 4 heteroatoms. The average molecular weight is 423 g/mol. The van der Waals surface area contributed by atoms with Gasteiger partial charge in [-0.2, -0.15) is 0 Å². The van der Waals surface area contributed by atoms with Gasteiger partial charge in [0.2, 0.25) is 0 Å². The molecule has 1 heterocycles. The molecule has 0 spiro atoms. The van der Waals surface area contributed by atoms with Gasteiger partial charge < -0.3 is 9.52 Å². The third-order valence-electron chi connectivity index (χ3n) is 5.90. The second-order valence-corrected chi connectivity index (χ2v) is 9.11. The maximum Gasteiger partial charge on any atom is 0.353 e. The maximum absolute atomic E-state index is 12.9. The zero-order valence-corrected chi connectivity index (χ0v) is 19.0. The summed E-state index contributed by atoms with van der Waals surface area (Å²) < 4.78 is 5.84. The Bertz CT molecular complexity index is 1030. The van der Waals surface area contributed by atoms with E-state index in [9.17, 15) is 9.90 Å². The molecule has 3 rings (SSSR count). The van der Waals surface area contributed by atoms with E-state index in [1.54, 1.807) is 6.07 Å². The molecule has 0 fully saturated rings. The van der Waals surface area contributed by atoms with Crippen molar-refractivity contribution in [2.24, 2.45) is 0 Å². The molecule has 3 aromatic rings. The highest BCUT2D eigenvalue weighted by Gasteiger charge is 2.33. The van der Waals surface area contributed by atoms with Crippen LogP contribution in [0.25, 0.3) is 0 Å². The summed E-state index contributed by atoms with van der Waals surface area (Å²) in [5.41, 5.74) is 1.52. The summed E-state index contributed by atoms with van der Waals surface area (Å²) in [7, 11) is 0. The summed E-state index contributed by atoms with van der Waals surface area (Å²) in [6, 6.07) is 19.8. The van der Waals surface area contributed by atoms with Gasteiger partial charge >= 0.3 is 5.63 Å². The van der Waals surface area contributed by atoms with Crippen LogP contribution >= 0.6 is 11.8 Å². The molecule has 0 radical (unpaired) electrons. The number of aromatic hydroxyl groups is 1. The molecule has 1 aromatic heterocycles. The molecule has 30 heavy (non-hydrogen) atoms. The van der Waals surface area contributed by atoms with E-state index in [0.717, 1.165) is 29.7 Å². The van der Waals surface area contributed by atoms with E-state index in [-0.39, 0.29) is 16.1 Å². The number of benzene rings is 2. The van der Waals surface area contributed by atoms with Crippen molar-refractivity contribution in [2.45, 2.75) is 68.1 Å². The van der Waals surface area contributed by atoms with E-state index >= 15 is 0 Å². The first kappa shape index (κ1) is 22.2. The molecule has 0 unspecified atom stereocenters. The highest BCUT2D eigenvalue weighted by atomic mass is 32.2. The zero-order chi connectivity index (χ0) is 21.7.